The van der Waals surface area contributed by atoms with Crippen molar-refractivity contribution in [1.82, 2.24) is 10.0 Å². The highest BCUT2D eigenvalue weighted by Gasteiger charge is 2.37. The standard InChI is InChI=1S/C22H26FN3O7S/c1-22(2,3)33-21(28)24-11-15-9-17(23)20(26-12-19(27)25-34(26,29)30)18(10-15)32-13-14-5-7-16(31-4)8-6-14/h5-10H,11-13H2,1-4H3,(H,24,28)(H,25,27). The monoisotopic (exact) mass is 495 g/mol. The molecular formula is C22H26FN3O7S. The largest absolute Gasteiger partial charge is 0.497 e. The Hall–Kier alpha value is -3.54. The van der Waals surface area contributed by atoms with E-state index in [2.05, 4.69) is 5.32 Å². The molecule has 0 radical (unpaired) electrons. The number of rotatable bonds is 7. The van der Waals surface area contributed by atoms with E-state index in [1.54, 1.807) is 45.0 Å². The van der Waals surface area contributed by atoms with Gasteiger partial charge in [0.2, 0.25) is 0 Å². The Morgan fingerprint density at radius 1 is 1.18 bits per heavy atom. The second kappa shape index (κ2) is 9.75. The molecule has 0 bridgehead atoms. The van der Waals surface area contributed by atoms with Crippen molar-refractivity contribution in [3.63, 3.8) is 0 Å². The van der Waals surface area contributed by atoms with Gasteiger partial charge >= 0.3 is 16.3 Å². The third-order valence-electron chi connectivity index (χ3n) is 4.55. The second-order valence-corrected chi connectivity index (χ2v) is 10.0. The summed E-state index contributed by atoms with van der Waals surface area (Å²) in [7, 11) is -2.75. The van der Waals surface area contributed by atoms with Crippen LogP contribution in [0.1, 0.15) is 31.9 Å². The van der Waals surface area contributed by atoms with Crippen LogP contribution in [-0.2, 0) is 32.9 Å². The van der Waals surface area contributed by atoms with Gasteiger partial charge in [0, 0.05) is 6.54 Å². The van der Waals surface area contributed by atoms with Gasteiger partial charge in [-0.2, -0.15) is 8.42 Å². The van der Waals surface area contributed by atoms with E-state index in [1.165, 1.54) is 13.2 Å². The molecular weight excluding hydrogens is 469 g/mol. The third-order valence-corrected chi connectivity index (χ3v) is 5.92. The number of halogens is 1. The number of alkyl carbamates (subject to hydrolysis) is 1. The number of nitrogens with one attached hydrogen (secondary N) is 2. The van der Waals surface area contributed by atoms with E-state index >= 15 is 4.39 Å². The highest BCUT2D eigenvalue weighted by molar-refractivity contribution is 7.92. The lowest BCUT2D eigenvalue weighted by molar-refractivity contribution is -0.117. The van der Waals surface area contributed by atoms with Gasteiger partial charge in [0.15, 0.2) is 5.82 Å². The number of hydrogen-bond donors (Lipinski definition) is 2. The van der Waals surface area contributed by atoms with Gasteiger partial charge in [-0.05, 0) is 56.2 Å². The number of carbonyl (C=O) groups excluding carboxylic acids is 2. The van der Waals surface area contributed by atoms with E-state index < -0.39 is 45.9 Å². The summed E-state index contributed by atoms with van der Waals surface area (Å²) in [6.45, 7) is 4.41. The molecule has 1 aliphatic heterocycles. The van der Waals surface area contributed by atoms with Crippen LogP contribution >= 0.6 is 0 Å². The normalized spacial score (nSPS) is 15.0. The lowest BCUT2D eigenvalue weighted by Gasteiger charge is -2.22. The highest BCUT2D eigenvalue weighted by atomic mass is 32.2. The predicted molar refractivity (Wildman–Crippen MR) is 121 cm³/mol. The minimum Gasteiger partial charge on any atom is -0.497 e. The minimum absolute atomic E-state index is 0.0192. The first-order valence-corrected chi connectivity index (χ1v) is 11.7. The van der Waals surface area contributed by atoms with Crippen molar-refractivity contribution in [2.45, 2.75) is 39.5 Å². The Balaban J connectivity index is 1.89. The van der Waals surface area contributed by atoms with Gasteiger partial charge in [0.1, 0.15) is 35.9 Å². The van der Waals surface area contributed by atoms with Crippen molar-refractivity contribution in [2.24, 2.45) is 0 Å². The van der Waals surface area contributed by atoms with E-state index in [9.17, 15) is 18.0 Å². The highest BCUT2D eigenvalue weighted by Crippen LogP contribution is 2.36. The van der Waals surface area contributed by atoms with Crippen molar-refractivity contribution >= 4 is 27.9 Å². The molecule has 3 rings (SSSR count). The number of hydrogen-bond acceptors (Lipinski definition) is 7. The van der Waals surface area contributed by atoms with Crippen molar-refractivity contribution in [3.8, 4) is 11.5 Å². The molecule has 1 saturated heterocycles. The number of nitrogens with zero attached hydrogens (tertiary/aromatic N) is 1. The smallest absolute Gasteiger partial charge is 0.407 e. The number of ether oxygens (including phenoxy) is 3. The topological polar surface area (TPSA) is 123 Å². The maximum Gasteiger partial charge on any atom is 0.407 e. The van der Waals surface area contributed by atoms with E-state index in [-0.39, 0.29) is 18.9 Å². The van der Waals surface area contributed by atoms with E-state index in [0.717, 1.165) is 6.07 Å². The zero-order chi connectivity index (χ0) is 25.1. The van der Waals surface area contributed by atoms with Crippen molar-refractivity contribution in [2.75, 3.05) is 18.0 Å². The number of carbonyl (C=O) groups is 2. The molecule has 0 unspecified atom stereocenters. The number of amides is 2. The van der Waals surface area contributed by atoms with Crippen LogP contribution in [0.25, 0.3) is 0 Å². The summed E-state index contributed by atoms with van der Waals surface area (Å²) >= 11 is 0. The van der Waals surface area contributed by atoms with Crippen molar-refractivity contribution < 1.29 is 36.6 Å². The molecule has 0 aliphatic carbocycles. The molecule has 0 aromatic heterocycles. The summed E-state index contributed by atoms with van der Waals surface area (Å²) in [5.41, 5.74) is -0.112. The summed E-state index contributed by atoms with van der Waals surface area (Å²) in [5, 5.41) is 2.51. The fourth-order valence-corrected chi connectivity index (χ4v) is 4.27. The molecule has 2 amide bonds. The van der Waals surface area contributed by atoms with Crippen LogP contribution in [0.15, 0.2) is 36.4 Å². The zero-order valence-electron chi connectivity index (χ0n) is 19.2. The van der Waals surface area contributed by atoms with Crippen LogP contribution in [0, 0.1) is 5.82 Å². The summed E-state index contributed by atoms with van der Waals surface area (Å²) in [5.74, 6) is -1.21. The molecule has 10 nitrogen and oxygen atoms in total. The third kappa shape index (κ3) is 6.28. The molecule has 0 atom stereocenters. The first-order valence-electron chi connectivity index (χ1n) is 10.3. The quantitative estimate of drug-likeness (QED) is 0.605. The van der Waals surface area contributed by atoms with Crippen LogP contribution in [-0.4, -0.2) is 39.7 Å². The number of anilines is 1. The molecule has 2 aromatic rings. The molecule has 1 fully saturated rings. The maximum atomic E-state index is 15.2. The fraction of sp³-hybridized carbons (Fsp3) is 0.364. The second-order valence-electron chi connectivity index (χ2n) is 8.45. The first kappa shape index (κ1) is 25.1. The summed E-state index contributed by atoms with van der Waals surface area (Å²) in [6.07, 6.45) is -0.699. The average Bonchev–Trinajstić information content (AvgIpc) is 3.01. The van der Waals surface area contributed by atoms with E-state index in [1.807, 2.05) is 4.72 Å². The summed E-state index contributed by atoms with van der Waals surface area (Å²) in [4.78, 5) is 23.7. The summed E-state index contributed by atoms with van der Waals surface area (Å²) < 4.78 is 58.3. The Bertz CT molecular complexity index is 1180. The van der Waals surface area contributed by atoms with Gasteiger partial charge in [0.25, 0.3) is 5.91 Å². The Kier molecular flexibility index (Phi) is 7.20. The molecule has 2 N–H and O–H groups in total. The minimum atomic E-state index is -4.28. The van der Waals surface area contributed by atoms with Gasteiger partial charge in [-0.3, -0.25) is 4.79 Å². The lowest BCUT2D eigenvalue weighted by atomic mass is 10.1. The number of benzene rings is 2. The molecule has 1 heterocycles. The van der Waals surface area contributed by atoms with Gasteiger partial charge in [-0.25, -0.2) is 18.2 Å². The lowest BCUT2D eigenvalue weighted by Crippen LogP contribution is -2.32. The SMILES string of the molecule is COc1ccc(COc2cc(CNC(=O)OC(C)(C)C)cc(F)c2N2CC(=O)NS2(=O)=O)cc1. The Labute approximate surface area is 197 Å². The molecule has 12 heteroatoms. The molecule has 1 aliphatic rings. The number of methoxy groups -OCH3 is 1. The molecule has 0 saturated carbocycles. The van der Waals surface area contributed by atoms with E-state index in [4.69, 9.17) is 14.2 Å². The predicted octanol–water partition coefficient (Wildman–Crippen LogP) is 2.62. The van der Waals surface area contributed by atoms with Crippen LogP contribution in [0.5, 0.6) is 11.5 Å². The molecule has 2 aromatic carbocycles. The van der Waals surface area contributed by atoms with Gasteiger partial charge in [-0.15, -0.1) is 0 Å². The van der Waals surface area contributed by atoms with Crippen LogP contribution < -0.4 is 23.8 Å². The fourth-order valence-electron chi connectivity index (χ4n) is 3.10. The molecule has 0 spiro atoms. The molecule has 34 heavy (non-hydrogen) atoms. The average molecular weight is 496 g/mol. The van der Waals surface area contributed by atoms with Crippen LogP contribution in [0.3, 0.4) is 0 Å². The first-order chi connectivity index (χ1) is 15.9. The maximum absolute atomic E-state index is 15.2. The van der Waals surface area contributed by atoms with Gasteiger partial charge < -0.3 is 19.5 Å². The van der Waals surface area contributed by atoms with Gasteiger partial charge in [-0.1, -0.05) is 12.1 Å². The summed E-state index contributed by atoms with van der Waals surface area (Å²) in [6, 6.07) is 9.37. The van der Waals surface area contributed by atoms with Crippen LogP contribution in [0.4, 0.5) is 14.9 Å². The van der Waals surface area contributed by atoms with Gasteiger partial charge in [0.05, 0.1) is 7.11 Å². The van der Waals surface area contributed by atoms with E-state index in [0.29, 0.717) is 21.2 Å². The van der Waals surface area contributed by atoms with Crippen molar-refractivity contribution in [3.05, 3.63) is 53.3 Å². The Morgan fingerprint density at radius 3 is 2.41 bits per heavy atom. The van der Waals surface area contributed by atoms with Crippen LogP contribution in [0.2, 0.25) is 0 Å². The Morgan fingerprint density at radius 2 is 1.85 bits per heavy atom. The van der Waals surface area contributed by atoms with Crippen molar-refractivity contribution in [1.29, 1.82) is 0 Å². The molecule has 184 valence electrons. The zero-order valence-corrected chi connectivity index (χ0v) is 20.0.